The van der Waals surface area contributed by atoms with Gasteiger partial charge in [-0.25, -0.2) is 0 Å². The molecule has 1 saturated heterocycles. The molecule has 136 valence electrons. The van der Waals surface area contributed by atoms with Gasteiger partial charge in [0.1, 0.15) is 0 Å². The topological polar surface area (TPSA) is 86.7 Å². The number of thioether (sulfide) groups is 1. The maximum Gasteiger partial charge on any atom is 0.311 e. The van der Waals surface area contributed by atoms with E-state index in [0.717, 1.165) is 4.90 Å². The van der Waals surface area contributed by atoms with Gasteiger partial charge in [0.2, 0.25) is 5.91 Å². The molecule has 2 rings (SSSR count). The molecule has 2 amide bonds. The lowest BCUT2D eigenvalue weighted by atomic mass is 9.90. The molecule has 1 aliphatic heterocycles. The van der Waals surface area contributed by atoms with Crippen molar-refractivity contribution in [2.45, 2.75) is 38.1 Å². The molecule has 0 bridgehead atoms. The van der Waals surface area contributed by atoms with Gasteiger partial charge in [0, 0.05) is 24.0 Å². The Morgan fingerprint density at radius 1 is 1.32 bits per heavy atom. The van der Waals surface area contributed by atoms with Crippen LogP contribution in [0.5, 0.6) is 0 Å². The standard InChI is InChI=1S/C18H24N2O4S/c1-12(2)19-15(21)10-25-14-7-5-4-6-13(14)16(22)20-9-8-18(3,11-20)17(23)24/h4-7,12H,8-11H2,1-3H3,(H,19,21)(H,23,24). The minimum absolute atomic E-state index is 0.0725. The van der Waals surface area contributed by atoms with Crippen molar-refractivity contribution in [3.63, 3.8) is 0 Å². The smallest absolute Gasteiger partial charge is 0.311 e. The number of carbonyl (C=O) groups is 3. The minimum atomic E-state index is -0.894. The fourth-order valence-corrected chi connectivity index (χ4v) is 3.61. The Hall–Kier alpha value is -2.02. The fourth-order valence-electron chi connectivity index (χ4n) is 2.76. The summed E-state index contributed by atoms with van der Waals surface area (Å²) in [6.45, 7) is 6.09. The Morgan fingerprint density at radius 2 is 2.00 bits per heavy atom. The molecule has 1 unspecified atom stereocenters. The van der Waals surface area contributed by atoms with Crippen LogP contribution in [0, 0.1) is 5.41 Å². The number of likely N-dealkylation sites (tertiary alicyclic amines) is 1. The van der Waals surface area contributed by atoms with E-state index in [1.807, 2.05) is 26.0 Å². The van der Waals surface area contributed by atoms with Gasteiger partial charge in [-0.1, -0.05) is 12.1 Å². The predicted molar refractivity (Wildman–Crippen MR) is 96.7 cm³/mol. The van der Waals surface area contributed by atoms with Crippen molar-refractivity contribution in [3.8, 4) is 0 Å². The third-order valence-corrected chi connectivity index (χ3v) is 5.28. The van der Waals surface area contributed by atoms with Gasteiger partial charge in [0.05, 0.1) is 16.7 Å². The first kappa shape index (κ1) is 19.3. The normalized spacial score (nSPS) is 19.9. The molecule has 0 spiro atoms. The average Bonchev–Trinajstić information content (AvgIpc) is 2.96. The van der Waals surface area contributed by atoms with E-state index < -0.39 is 11.4 Å². The Morgan fingerprint density at radius 3 is 2.60 bits per heavy atom. The number of hydrogen-bond acceptors (Lipinski definition) is 4. The van der Waals surface area contributed by atoms with Gasteiger partial charge in [-0.3, -0.25) is 14.4 Å². The summed E-state index contributed by atoms with van der Waals surface area (Å²) in [5, 5.41) is 12.1. The molecule has 6 nitrogen and oxygen atoms in total. The van der Waals surface area contributed by atoms with Crippen LogP contribution in [0.25, 0.3) is 0 Å². The lowest BCUT2D eigenvalue weighted by Crippen LogP contribution is -2.35. The van der Waals surface area contributed by atoms with Gasteiger partial charge in [0.25, 0.3) is 5.91 Å². The SMILES string of the molecule is CC(C)NC(=O)CSc1ccccc1C(=O)N1CCC(C)(C(=O)O)C1. The Bertz CT molecular complexity index is 677. The van der Waals surface area contributed by atoms with Gasteiger partial charge in [-0.2, -0.15) is 0 Å². The van der Waals surface area contributed by atoms with E-state index >= 15 is 0 Å². The first-order valence-electron chi connectivity index (χ1n) is 8.27. The molecule has 25 heavy (non-hydrogen) atoms. The van der Waals surface area contributed by atoms with E-state index in [4.69, 9.17) is 0 Å². The largest absolute Gasteiger partial charge is 0.481 e. The number of hydrogen-bond donors (Lipinski definition) is 2. The first-order chi connectivity index (χ1) is 11.7. The quantitative estimate of drug-likeness (QED) is 0.756. The number of carboxylic acid groups (broad SMARTS) is 1. The molecule has 1 aromatic carbocycles. The lowest BCUT2D eigenvalue weighted by molar-refractivity contribution is -0.147. The van der Waals surface area contributed by atoms with Crippen molar-refractivity contribution in [3.05, 3.63) is 29.8 Å². The van der Waals surface area contributed by atoms with Crippen molar-refractivity contribution in [1.82, 2.24) is 10.2 Å². The third kappa shape index (κ3) is 4.75. The van der Waals surface area contributed by atoms with Crippen LogP contribution in [-0.2, 0) is 9.59 Å². The van der Waals surface area contributed by atoms with E-state index in [9.17, 15) is 19.5 Å². The van der Waals surface area contributed by atoms with Gasteiger partial charge >= 0.3 is 5.97 Å². The number of nitrogens with one attached hydrogen (secondary N) is 1. The van der Waals surface area contributed by atoms with Crippen LogP contribution in [0.1, 0.15) is 37.6 Å². The molecule has 0 saturated carbocycles. The van der Waals surface area contributed by atoms with Crippen LogP contribution in [0.3, 0.4) is 0 Å². The van der Waals surface area contributed by atoms with Gasteiger partial charge < -0.3 is 15.3 Å². The van der Waals surface area contributed by atoms with Crippen molar-refractivity contribution in [1.29, 1.82) is 0 Å². The molecule has 1 aromatic rings. The highest BCUT2D eigenvalue weighted by molar-refractivity contribution is 8.00. The summed E-state index contributed by atoms with van der Waals surface area (Å²) in [4.78, 5) is 38.3. The summed E-state index contributed by atoms with van der Waals surface area (Å²) < 4.78 is 0. The van der Waals surface area contributed by atoms with E-state index in [1.165, 1.54) is 11.8 Å². The molecular weight excluding hydrogens is 340 g/mol. The summed E-state index contributed by atoms with van der Waals surface area (Å²) >= 11 is 1.31. The highest BCUT2D eigenvalue weighted by atomic mass is 32.2. The zero-order chi connectivity index (χ0) is 18.6. The summed E-state index contributed by atoms with van der Waals surface area (Å²) in [5.74, 6) is -0.912. The Labute approximate surface area is 152 Å². The van der Waals surface area contributed by atoms with E-state index in [1.54, 1.807) is 24.0 Å². The monoisotopic (exact) mass is 364 g/mol. The van der Waals surface area contributed by atoms with Crippen LogP contribution in [0.4, 0.5) is 0 Å². The maximum atomic E-state index is 12.8. The van der Waals surface area contributed by atoms with Crippen LogP contribution in [-0.4, -0.2) is 52.7 Å². The van der Waals surface area contributed by atoms with E-state index in [2.05, 4.69) is 5.32 Å². The molecule has 1 heterocycles. The highest BCUT2D eigenvalue weighted by Crippen LogP contribution is 2.32. The van der Waals surface area contributed by atoms with Crippen molar-refractivity contribution < 1.29 is 19.5 Å². The van der Waals surface area contributed by atoms with Gasteiger partial charge in [-0.15, -0.1) is 11.8 Å². The molecule has 0 aliphatic carbocycles. The summed E-state index contributed by atoms with van der Waals surface area (Å²) in [5.41, 5.74) is -0.381. The number of nitrogens with zero attached hydrogens (tertiary/aromatic N) is 1. The summed E-state index contributed by atoms with van der Waals surface area (Å²) in [6, 6.07) is 7.21. The second-order valence-electron chi connectivity index (χ2n) is 6.85. The van der Waals surface area contributed by atoms with E-state index in [-0.39, 0.29) is 30.2 Å². The van der Waals surface area contributed by atoms with Crippen LogP contribution in [0.15, 0.2) is 29.2 Å². The number of carbonyl (C=O) groups excluding carboxylic acids is 2. The molecule has 2 N–H and O–H groups in total. The Balaban J connectivity index is 2.08. The van der Waals surface area contributed by atoms with Crippen molar-refractivity contribution >= 4 is 29.5 Å². The van der Waals surface area contributed by atoms with Crippen LogP contribution >= 0.6 is 11.8 Å². The molecule has 1 fully saturated rings. The van der Waals surface area contributed by atoms with Gasteiger partial charge in [-0.05, 0) is 39.3 Å². The molecular formula is C18H24N2O4S. The lowest BCUT2D eigenvalue weighted by Gasteiger charge is -2.21. The second-order valence-corrected chi connectivity index (χ2v) is 7.87. The van der Waals surface area contributed by atoms with Gasteiger partial charge in [0.15, 0.2) is 0 Å². The number of amides is 2. The zero-order valence-corrected chi connectivity index (χ0v) is 15.6. The van der Waals surface area contributed by atoms with Crippen LogP contribution < -0.4 is 5.32 Å². The average molecular weight is 364 g/mol. The third-order valence-electron chi connectivity index (χ3n) is 4.20. The fraction of sp³-hybridized carbons (Fsp3) is 0.500. The highest BCUT2D eigenvalue weighted by Gasteiger charge is 2.42. The molecule has 7 heteroatoms. The summed E-state index contributed by atoms with van der Waals surface area (Å²) in [7, 11) is 0. The molecule has 0 radical (unpaired) electrons. The van der Waals surface area contributed by atoms with Crippen molar-refractivity contribution in [2.24, 2.45) is 5.41 Å². The first-order valence-corrected chi connectivity index (χ1v) is 9.25. The summed E-state index contributed by atoms with van der Waals surface area (Å²) in [6.07, 6.45) is 0.445. The van der Waals surface area contributed by atoms with E-state index in [0.29, 0.717) is 18.5 Å². The zero-order valence-electron chi connectivity index (χ0n) is 14.7. The molecule has 1 aliphatic rings. The minimum Gasteiger partial charge on any atom is -0.481 e. The number of carboxylic acids is 1. The van der Waals surface area contributed by atoms with Crippen LogP contribution in [0.2, 0.25) is 0 Å². The van der Waals surface area contributed by atoms with Crippen molar-refractivity contribution in [2.75, 3.05) is 18.8 Å². The Kier molecular flexibility index (Phi) is 6.11. The molecule has 0 aromatic heterocycles. The second kappa shape index (κ2) is 7.91. The number of benzene rings is 1. The predicted octanol–water partition coefficient (Wildman–Crippen LogP) is 2.24. The molecule has 1 atom stereocenters. The number of rotatable bonds is 6. The number of aliphatic carboxylic acids is 1. The maximum absolute atomic E-state index is 12.8.